The van der Waals surface area contributed by atoms with E-state index < -0.39 is 15.3 Å². The first kappa shape index (κ1) is 23.8. The summed E-state index contributed by atoms with van der Waals surface area (Å²) in [6.45, 7) is 5.77. The molecule has 2 heterocycles. The van der Waals surface area contributed by atoms with Gasteiger partial charge in [0.15, 0.2) is 0 Å². The van der Waals surface area contributed by atoms with Crippen LogP contribution in [0.3, 0.4) is 0 Å². The molecule has 0 fully saturated rings. The second-order valence-electron chi connectivity index (χ2n) is 8.99. The van der Waals surface area contributed by atoms with Crippen LogP contribution < -0.4 is 10.1 Å². The van der Waals surface area contributed by atoms with Crippen LogP contribution in [0.2, 0.25) is 0 Å². The van der Waals surface area contributed by atoms with Crippen LogP contribution in [0.1, 0.15) is 38.1 Å². The molecule has 0 saturated heterocycles. The van der Waals surface area contributed by atoms with Crippen LogP contribution in [-0.4, -0.2) is 36.3 Å². The molecule has 0 atom stereocenters. The minimum absolute atomic E-state index is 0. The smallest absolute Gasteiger partial charge is 0.251 e. The number of hydrogen-bond donors (Lipinski definition) is 3. The van der Waals surface area contributed by atoms with Crippen molar-refractivity contribution in [3.8, 4) is 17.0 Å². The third-order valence-electron chi connectivity index (χ3n) is 5.67. The van der Waals surface area contributed by atoms with E-state index in [-0.39, 0.29) is 7.33 Å². The van der Waals surface area contributed by atoms with E-state index in [1.807, 2.05) is 42.5 Å². The summed E-state index contributed by atoms with van der Waals surface area (Å²) in [7, 11) is -1.69. The molecule has 0 unspecified atom stereocenters. The van der Waals surface area contributed by atoms with Crippen LogP contribution in [-0.2, 0) is 6.54 Å². The summed E-state index contributed by atoms with van der Waals surface area (Å²) in [6.07, 6.45) is 3.36. The van der Waals surface area contributed by atoms with E-state index in [1.165, 1.54) is 7.11 Å². The van der Waals surface area contributed by atoms with Gasteiger partial charge in [-0.1, -0.05) is 42.5 Å². The fourth-order valence-corrected chi connectivity index (χ4v) is 4.94. The van der Waals surface area contributed by atoms with Gasteiger partial charge in [0.2, 0.25) is 0 Å². The zero-order chi connectivity index (χ0) is 24.5. The molecule has 0 aliphatic carbocycles. The Morgan fingerprint density at radius 2 is 1.85 bits per heavy atom. The Bertz CT molecular complexity index is 1330. The molecule has 0 radical (unpaired) electrons. The van der Waals surface area contributed by atoms with Crippen molar-refractivity contribution in [3.05, 3.63) is 84.2 Å². The van der Waals surface area contributed by atoms with E-state index in [9.17, 15) is 13.9 Å². The van der Waals surface area contributed by atoms with Crippen LogP contribution >= 0.6 is 10.6 Å². The number of nitrogens with one attached hydrogen (secondary N) is 1. The van der Waals surface area contributed by atoms with Crippen molar-refractivity contribution < 1.29 is 20.1 Å². The maximum atomic E-state index is 12.8. The number of ether oxygens (including phenoxy) is 1. The number of aromatic nitrogens is 2. The highest BCUT2D eigenvalue weighted by molar-refractivity contribution is 8.25. The summed E-state index contributed by atoms with van der Waals surface area (Å²) in [5.41, 5.74) is 3.65. The average Bonchev–Trinajstić information content (AvgIpc) is 3.24. The highest BCUT2D eigenvalue weighted by atomic mass is 32.3. The van der Waals surface area contributed by atoms with Crippen molar-refractivity contribution >= 4 is 22.1 Å². The van der Waals surface area contributed by atoms with Gasteiger partial charge in [-0.25, -0.2) is 4.98 Å². The molecule has 0 saturated carbocycles. The minimum atomic E-state index is -3.18. The summed E-state index contributed by atoms with van der Waals surface area (Å²) in [5.74, 6) is 0.192. The van der Waals surface area contributed by atoms with E-state index in [2.05, 4.69) is 10.3 Å². The zero-order valence-electron chi connectivity index (χ0n) is 19.6. The Morgan fingerprint density at radius 3 is 2.53 bits per heavy atom. The molecule has 0 bridgehead atoms. The summed E-state index contributed by atoms with van der Waals surface area (Å²) < 4.78 is 28.5. The lowest BCUT2D eigenvalue weighted by atomic mass is 10.1. The van der Waals surface area contributed by atoms with Gasteiger partial charge in [0.05, 0.1) is 23.7 Å². The molecule has 2 aromatic carbocycles. The average molecular weight is 482 g/mol. The van der Waals surface area contributed by atoms with Gasteiger partial charge in [-0.3, -0.25) is 18.3 Å². The fourth-order valence-electron chi connectivity index (χ4n) is 3.60. The monoisotopic (exact) mass is 481 g/mol. The van der Waals surface area contributed by atoms with E-state index in [0.29, 0.717) is 28.4 Å². The first-order chi connectivity index (χ1) is 16.1. The van der Waals surface area contributed by atoms with Gasteiger partial charge >= 0.3 is 0 Å². The Labute approximate surface area is 202 Å². The zero-order valence-corrected chi connectivity index (χ0v) is 20.5. The lowest BCUT2D eigenvalue weighted by Gasteiger charge is -2.44. The first-order valence-corrected chi connectivity index (χ1v) is 12.4. The van der Waals surface area contributed by atoms with Crippen LogP contribution in [0.15, 0.2) is 78.0 Å². The largest absolute Gasteiger partial charge is 0.495 e. The number of pyridine rings is 1. The number of fused-ring (bicyclic) bond motifs is 1. The molecular formula is C26H31N3O4S. The van der Waals surface area contributed by atoms with Crippen molar-refractivity contribution in [2.75, 3.05) is 7.11 Å². The molecule has 2 aromatic heterocycles. The van der Waals surface area contributed by atoms with E-state index in [4.69, 9.17) is 4.74 Å². The predicted molar refractivity (Wildman–Crippen MR) is 138 cm³/mol. The van der Waals surface area contributed by atoms with Gasteiger partial charge in [0, 0.05) is 31.4 Å². The van der Waals surface area contributed by atoms with E-state index in [1.54, 1.807) is 55.8 Å². The summed E-state index contributed by atoms with van der Waals surface area (Å²) >= 11 is 0. The molecule has 7 nitrogen and oxygen atoms in total. The summed E-state index contributed by atoms with van der Waals surface area (Å²) in [5, 5.41) is 2.94. The normalized spacial score (nSPS) is 12.5. The number of hydrogen-bond acceptors (Lipinski definition) is 5. The van der Waals surface area contributed by atoms with Crippen LogP contribution in [0.4, 0.5) is 0 Å². The quantitative estimate of drug-likeness (QED) is 0.309. The van der Waals surface area contributed by atoms with Crippen molar-refractivity contribution in [1.29, 1.82) is 0 Å². The second-order valence-corrected chi connectivity index (χ2v) is 11.8. The SMILES string of the molecule is COc1cc2ncc(-c3cccc(C(=O)NCc4ccccc4)c3)n2cc1S(O)(O)C(C)(C)C.[HH]. The van der Waals surface area contributed by atoms with E-state index >= 15 is 0 Å². The van der Waals surface area contributed by atoms with Crippen LogP contribution in [0, 0.1) is 0 Å². The minimum Gasteiger partial charge on any atom is -0.495 e. The molecule has 0 aliphatic rings. The highest BCUT2D eigenvalue weighted by Gasteiger charge is 2.34. The molecule has 34 heavy (non-hydrogen) atoms. The Kier molecular flexibility index (Phi) is 6.40. The molecule has 3 N–H and O–H groups in total. The van der Waals surface area contributed by atoms with E-state index in [0.717, 1.165) is 16.8 Å². The summed E-state index contributed by atoms with van der Waals surface area (Å²) in [4.78, 5) is 17.5. The fraction of sp³-hybridized carbons (Fsp3) is 0.231. The van der Waals surface area contributed by atoms with Crippen molar-refractivity contribution in [1.82, 2.24) is 14.7 Å². The standard InChI is InChI=1S/C26H29N3O4S.H2/c1-26(2,3)34(31,32)23-17-29-21(16-27-24(29)14-22(23)33-4)19-11-8-12-20(13-19)25(30)28-15-18-9-6-5-7-10-18;/h5-14,16-17,31-32H,15H2,1-4H3,(H,28,30);1H. The Morgan fingerprint density at radius 1 is 1.12 bits per heavy atom. The predicted octanol–water partition coefficient (Wildman–Crippen LogP) is 6.09. The van der Waals surface area contributed by atoms with Crippen LogP contribution in [0.5, 0.6) is 5.75 Å². The molecule has 0 spiro atoms. The lowest BCUT2D eigenvalue weighted by Crippen LogP contribution is -2.25. The maximum absolute atomic E-state index is 12.8. The highest BCUT2D eigenvalue weighted by Crippen LogP contribution is 2.61. The number of carbonyl (C=O) groups is 1. The molecular weight excluding hydrogens is 450 g/mol. The lowest BCUT2D eigenvalue weighted by molar-refractivity contribution is 0.0951. The van der Waals surface area contributed by atoms with Gasteiger partial charge in [-0.15, -0.1) is 0 Å². The van der Waals surface area contributed by atoms with Gasteiger partial charge in [0.25, 0.3) is 5.91 Å². The summed E-state index contributed by atoms with van der Waals surface area (Å²) in [6, 6.07) is 18.7. The van der Waals surface area contributed by atoms with Crippen molar-refractivity contribution in [2.45, 2.75) is 37.0 Å². The topological polar surface area (TPSA) is 96.1 Å². The van der Waals surface area contributed by atoms with Crippen LogP contribution in [0.25, 0.3) is 16.9 Å². The Hall–Kier alpha value is -3.33. The molecule has 1 amide bonds. The number of benzene rings is 2. The molecule has 0 aliphatic heterocycles. The number of methoxy groups -OCH3 is 1. The number of nitrogens with zero attached hydrogens (tertiary/aromatic N) is 2. The number of imidazole rings is 1. The third kappa shape index (κ3) is 4.52. The van der Waals surface area contributed by atoms with Gasteiger partial charge in [-0.05, 0) is 38.5 Å². The molecule has 180 valence electrons. The number of carbonyl (C=O) groups excluding carboxylic acids is 1. The van der Waals surface area contributed by atoms with Crippen molar-refractivity contribution in [2.24, 2.45) is 0 Å². The van der Waals surface area contributed by atoms with Gasteiger partial charge < -0.3 is 10.1 Å². The first-order valence-electron chi connectivity index (χ1n) is 10.9. The molecule has 8 heteroatoms. The molecule has 4 rings (SSSR count). The van der Waals surface area contributed by atoms with Gasteiger partial charge in [-0.2, -0.15) is 10.6 Å². The Balaban J connectivity index is 0.00000342. The number of rotatable bonds is 6. The third-order valence-corrected chi connectivity index (χ3v) is 8.30. The molecule has 4 aromatic rings. The number of amides is 1. The maximum Gasteiger partial charge on any atom is 0.251 e. The second kappa shape index (κ2) is 9.13. The van der Waals surface area contributed by atoms with Crippen molar-refractivity contribution in [3.63, 3.8) is 0 Å². The van der Waals surface area contributed by atoms with Gasteiger partial charge in [0.1, 0.15) is 16.3 Å².